The van der Waals surface area contributed by atoms with Crippen molar-refractivity contribution in [2.45, 2.75) is 37.9 Å². The summed E-state index contributed by atoms with van der Waals surface area (Å²) in [5.74, 6) is 1.80. The van der Waals surface area contributed by atoms with Crippen molar-refractivity contribution >= 4 is 11.1 Å². The molecule has 2 aliphatic rings. The molecule has 1 aliphatic carbocycles. The summed E-state index contributed by atoms with van der Waals surface area (Å²) >= 11 is 0. The van der Waals surface area contributed by atoms with Gasteiger partial charge in [-0.25, -0.2) is 19.9 Å². The van der Waals surface area contributed by atoms with Crippen LogP contribution >= 0.6 is 0 Å². The van der Waals surface area contributed by atoms with E-state index >= 15 is 0 Å². The lowest BCUT2D eigenvalue weighted by Crippen LogP contribution is -2.07. The van der Waals surface area contributed by atoms with Gasteiger partial charge < -0.3 is 18.5 Å². The van der Waals surface area contributed by atoms with Crippen LogP contribution < -0.4 is 9.47 Å². The van der Waals surface area contributed by atoms with Gasteiger partial charge in [-0.15, -0.1) is 0 Å². The molecule has 0 amide bonds. The molecule has 0 atom stereocenters. The van der Waals surface area contributed by atoms with Gasteiger partial charge in [0.1, 0.15) is 35.6 Å². The third kappa shape index (κ3) is 4.16. The van der Waals surface area contributed by atoms with Crippen molar-refractivity contribution in [2.24, 2.45) is 0 Å². The Kier molecular flexibility index (Phi) is 5.32. The summed E-state index contributed by atoms with van der Waals surface area (Å²) in [7, 11) is 1.55. The summed E-state index contributed by atoms with van der Waals surface area (Å²) in [6, 6.07) is 7.15. The largest absolute Gasteiger partial charge is 0.491 e. The molecule has 0 radical (unpaired) electrons. The Labute approximate surface area is 219 Å². The van der Waals surface area contributed by atoms with Crippen molar-refractivity contribution < 1.29 is 27.1 Å². The first-order valence-electron chi connectivity index (χ1n) is 12.4. The first-order valence-corrected chi connectivity index (χ1v) is 12.4. The van der Waals surface area contributed by atoms with E-state index in [0.29, 0.717) is 57.8 Å². The summed E-state index contributed by atoms with van der Waals surface area (Å²) in [6.07, 6.45) is 2.13. The minimum Gasteiger partial charge on any atom is -0.491 e. The van der Waals surface area contributed by atoms with Crippen molar-refractivity contribution in [1.29, 1.82) is 0 Å². The molecular formula is C27H21F3N6O3. The average molecular weight is 534 g/mol. The number of imidazole rings is 1. The normalized spacial score (nSPS) is 15.0. The fourth-order valence-corrected chi connectivity index (χ4v) is 4.91. The Bertz CT molecular complexity index is 1720. The van der Waals surface area contributed by atoms with Crippen LogP contribution in [0.5, 0.6) is 11.6 Å². The second-order valence-corrected chi connectivity index (χ2v) is 9.54. The number of methoxy groups -OCH3 is 1. The van der Waals surface area contributed by atoms with Gasteiger partial charge in [-0.3, -0.25) is 4.98 Å². The maximum absolute atomic E-state index is 13.3. The lowest BCUT2D eigenvalue weighted by molar-refractivity contribution is -0.140. The summed E-state index contributed by atoms with van der Waals surface area (Å²) in [5.41, 5.74) is 3.76. The smallest absolute Gasteiger partial charge is 0.434 e. The van der Waals surface area contributed by atoms with Gasteiger partial charge >= 0.3 is 6.18 Å². The molecular weight excluding hydrogens is 513 g/mol. The highest BCUT2D eigenvalue weighted by Gasteiger charge is 2.36. The Morgan fingerprint density at radius 3 is 2.77 bits per heavy atom. The van der Waals surface area contributed by atoms with Crippen LogP contribution in [0.15, 0.2) is 47.4 Å². The highest BCUT2D eigenvalue weighted by molar-refractivity contribution is 5.80. The summed E-state index contributed by atoms with van der Waals surface area (Å²) in [4.78, 5) is 21.8. The quantitative estimate of drug-likeness (QED) is 0.294. The first kappa shape index (κ1) is 23.6. The van der Waals surface area contributed by atoms with Crippen molar-refractivity contribution in [3.05, 3.63) is 65.6 Å². The zero-order valence-corrected chi connectivity index (χ0v) is 20.7. The van der Waals surface area contributed by atoms with Crippen LogP contribution in [0.1, 0.15) is 41.4 Å². The average Bonchev–Trinajstić information content (AvgIpc) is 3.57. The van der Waals surface area contributed by atoms with E-state index in [2.05, 4.69) is 19.9 Å². The fraction of sp³-hybridized carbons (Fsp3) is 0.296. The zero-order chi connectivity index (χ0) is 26.7. The first-order chi connectivity index (χ1) is 18.9. The molecule has 0 saturated heterocycles. The van der Waals surface area contributed by atoms with Gasteiger partial charge in [-0.2, -0.15) is 13.2 Å². The zero-order valence-electron chi connectivity index (χ0n) is 20.7. The highest BCUT2D eigenvalue weighted by atomic mass is 19.4. The van der Waals surface area contributed by atoms with Crippen LogP contribution in [0.3, 0.4) is 0 Å². The molecule has 0 bridgehead atoms. The molecule has 4 aromatic heterocycles. The van der Waals surface area contributed by atoms with Crippen LogP contribution in [0.25, 0.3) is 33.9 Å². The number of rotatable bonds is 5. The SMILES string of the molecule is COc1ncnc(C2CC2)c1-c1nc2ccnc(Cc3ccc4c(c3)OCCn3cc(C(F)(F)F)nc3-4)c2o1. The predicted octanol–water partition coefficient (Wildman–Crippen LogP) is 5.43. The number of ether oxygens (including phenoxy) is 2. The van der Waals surface area contributed by atoms with E-state index in [-0.39, 0.29) is 19.0 Å². The number of halogens is 3. The van der Waals surface area contributed by atoms with Gasteiger partial charge in [0.05, 0.1) is 30.6 Å². The van der Waals surface area contributed by atoms with Gasteiger partial charge in [-0.05, 0) is 36.6 Å². The summed E-state index contributed by atoms with van der Waals surface area (Å²) < 4.78 is 58.9. The van der Waals surface area contributed by atoms with E-state index in [1.54, 1.807) is 25.4 Å². The van der Waals surface area contributed by atoms with Crippen molar-refractivity contribution in [3.8, 4) is 34.5 Å². The van der Waals surface area contributed by atoms with E-state index in [1.165, 1.54) is 10.9 Å². The number of fused-ring (bicyclic) bond motifs is 4. The van der Waals surface area contributed by atoms with Crippen LogP contribution in [0, 0.1) is 0 Å². The second kappa shape index (κ2) is 8.79. The maximum Gasteiger partial charge on any atom is 0.434 e. The lowest BCUT2D eigenvalue weighted by Gasteiger charge is -2.09. The van der Waals surface area contributed by atoms with Gasteiger partial charge in [0.2, 0.25) is 11.8 Å². The van der Waals surface area contributed by atoms with Crippen LogP contribution in [0.4, 0.5) is 13.2 Å². The molecule has 5 aromatic rings. The molecule has 0 spiro atoms. The van der Waals surface area contributed by atoms with E-state index < -0.39 is 11.9 Å². The molecule has 1 aliphatic heterocycles. The standard InChI is InChI=1S/C27H21F3N6O3/c1-37-25-21(22(15-3-4-15)32-13-33-25)26-34-17-6-7-31-18(23(17)39-26)10-14-2-5-16-19(11-14)38-9-8-36-12-20(27(28,29)30)35-24(16)36/h2,5-7,11-13,15H,3-4,8-10H2,1H3. The monoisotopic (exact) mass is 534 g/mol. The fourth-order valence-electron chi connectivity index (χ4n) is 4.91. The number of pyridine rings is 1. The van der Waals surface area contributed by atoms with Crippen LogP contribution in [-0.2, 0) is 19.1 Å². The number of nitrogens with zero attached hydrogens (tertiary/aromatic N) is 6. The number of aromatic nitrogens is 6. The van der Waals surface area contributed by atoms with E-state index in [9.17, 15) is 13.2 Å². The minimum atomic E-state index is -4.52. The number of benzene rings is 1. The molecule has 0 N–H and O–H groups in total. The third-order valence-corrected chi connectivity index (χ3v) is 6.91. The summed E-state index contributed by atoms with van der Waals surface area (Å²) in [6.45, 7) is 0.486. The number of alkyl halides is 3. The molecule has 9 nitrogen and oxygen atoms in total. The number of hydrogen-bond donors (Lipinski definition) is 0. The molecule has 1 fully saturated rings. The molecule has 1 aromatic carbocycles. The molecule has 1 saturated carbocycles. The van der Waals surface area contributed by atoms with Gasteiger partial charge in [0, 0.05) is 24.7 Å². The van der Waals surface area contributed by atoms with E-state index in [1.807, 2.05) is 12.1 Å². The van der Waals surface area contributed by atoms with Crippen molar-refractivity contribution in [2.75, 3.05) is 13.7 Å². The molecule has 198 valence electrons. The Morgan fingerprint density at radius 2 is 1.97 bits per heavy atom. The van der Waals surface area contributed by atoms with Crippen molar-refractivity contribution in [1.82, 2.24) is 29.5 Å². The third-order valence-electron chi connectivity index (χ3n) is 6.91. The van der Waals surface area contributed by atoms with Gasteiger partial charge in [0.25, 0.3) is 0 Å². The molecule has 12 heteroatoms. The Balaban J connectivity index is 1.25. The van der Waals surface area contributed by atoms with E-state index in [0.717, 1.165) is 30.3 Å². The van der Waals surface area contributed by atoms with Crippen molar-refractivity contribution in [3.63, 3.8) is 0 Å². The molecule has 7 rings (SSSR count). The highest BCUT2D eigenvalue weighted by Crippen LogP contribution is 2.46. The van der Waals surface area contributed by atoms with Crippen LogP contribution in [0.2, 0.25) is 0 Å². The number of oxazole rings is 1. The van der Waals surface area contributed by atoms with Crippen LogP contribution in [-0.4, -0.2) is 43.2 Å². The van der Waals surface area contributed by atoms with Gasteiger partial charge in [-0.1, -0.05) is 6.07 Å². The Hall–Kier alpha value is -4.48. The minimum absolute atomic E-state index is 0.223. The molecule has 5 heterocycles. The van der Waals surface area contributed by atoms with E-state index in [4.69, 9.17) is 18.9 Å². The predicted molar refractivity (Wildman–Crippen MR) is 132 cm³/mol. The second-order valence-electron chi connectivity index (χ2n) is 9.54. The van der Waals surface area contributed by atoms with Gasteiger partial charge in [0.15, 0.2) is 11.3 Å². The maximum atomic E-state index is 13.3. The Morgan fingerprint density at radius 1 is 1.10 bits per heavy atom. The molecule has 39 heavy (non-hydrogen) atoms. The topological polar surface area (TPSA) is 101 Å². The number of hydrogen-bond acceptors (Lipinski definition) is 8. The lowest BCUT2D eigenvalue weighted by atomic mass is 10.0. The molecule has 0 unspecified atom stereocenters. The summed E-state index contributed by atoms with van der Waals surface area (Å²) in [5, 5.41) is 0.